The molecule has 0 aliphatic carbocycles. The Labute approximate surface area is 111 Å². The summed E-state index contributed by atoms with van der Waals surface area (Å²) in [4.78, 5) is 21.7. The molecule has 0 saturated heterocycles. The highest BCUT2D eigenvalue weighted by Gasteiger charge is 2.16. The molecule has 0 radical (unpaired) electrons. The molecule has 0 heterocycles. The predicted molar refractivity (Wildman–Crippen MR) is 69.7 cm³/mol. The summed E-state index contributed by atoms with van der Waals surface area (Å²) in [5.74, 6) is 0.0966. The molecule has 0 aliphatic rings. The second kappa shape index (κ2) is 6.84. The monoisotopic (exact) mass is 267 g/mol. The number of nitro groups is 1. The van der Waals surface area contributed by atoms with E-state index in [9.17, 15) is 14.9 Å². The Morgan fingerprint density at radius 2 is 2.16 bits per heavy atom. The number of nitro benzene ring substituents is 1. The van der Waals surface area contributed by atoms with E-state index in [0.29, 0.717) is 18.8 Å². The summed E-state index contributed by atoms with van der Waals surface area (Å²) in [7, 11) is 1.60. The normalized spacial score (nSPS) is 11.9. The highest BCUT2D eigenvalue weighted by atomic mass is 16.6. The molecule has 6 heteroatoms. The molecule has 19 heavy (non-hydrogen) atoms. The molecule has 1 aromatic carbocycles. The largest absolute Gasteiger partial charge is 0.490 e. The molecule has 0 aliphatic heterocycles. The number of benzene rings is 1. The van der Waals surface area contributed by atoms with Gasteiger partial charge in [-0.25, -0.2) is 0 Å². The number of nitrogens with zero attached hydrogens (tertiary/aromatic N) is 1. The van der Waals surface area contributed by atoms with Crippen LogP contribution < -0.4 is 4.74 Å². The third kappa shape index (κ3) is 4.33. The first-order valence-corrected chi connectivity index (χ1v) is 5.90. The lowest BCUT2D eigenvalue weighted by atomic mass is 10.1. The molecule has 1 aromatic rings. The van der Waals surface area contributed by atoms with Gasteiger partial charge >= 0.3 is 0 Å². The number of hydrogen-bond donors (Lipinski definition) is 0. The van der Waals surface area contributed by atoms with E-state index < -0.39 is 4.92 Å². The van der Waals surface area contributed by atoms with Crippen molar-refractivity contribution in [2.75, 3.05) is 13.7 Å². The Morgan fingerprint density at radius 1 is 1.47 bits per heavy atom. The van der Waals surface area contributed by atoms with Crippen molar-refractivity contribution in [2.24, 2.45) is 0 Å². The second-order valence-corrected chi connectivity index (χ2v) is 4.20. The standard InChI is InChI=1S/C13H17NO5/c1-9(6-7-18-3)19-13-5-4-11(14(16)17)8-12(13)10(2)15/h4-5,8-9H,6-7H2,1-3H3. The maximum absolute atomic E-state index is 11.5. The summed E-state index contributed by atoms with van der Waals surface area (Å²) in [6.07, 6.45) is 0.532. The van der Waals surface area contributed by atoms with Crippen LogP contribution in [0.3, 0.4) is 0 Å². The molecule has 104 valence electrons. The topological polar surface area (TPSA) is 78.7 Å². The Kier molecular flexibility index (Phi) is 5.44. The summed E-state index contributed by atoms with van der Waals surface area (Å²) in [6, 6.07) is 4.02. The van der Waals surface area contributed by atoms with Crippen LogP contribution in [0, 0.1) is 10.1 Å². The SMILES string of the molecule is COCCC(C)Oc1ccc([N+](=O)[O-])cc1C(C)=O. The highest BCUT2D eigenvalue weighted by Crippen LogP contribution is 2.26. The minimum absolute atomic E-state index is 0.123. The van der Waals surface area contributed by atoms with E-state index in [1.807, 2.05) is 6.92 Å². The molecular formula is C13H17NO5. The number of non-ortho nitro benzene ring substituents is 1. The predicted octanol–water partition coefficient (Wildman–Crippen LogP) is 2.60. The fourth-order valence-corrected chi connectivity index (χ4v) is 1.57. The summed E-state index contributed by atoms with van der Waals surface area (Å²) in [5.41, 5.74) is 0.0977. The van der Waals surface area contributed by atoms with E-state index in [1.54, 1.807) is 7.11 Å². The summed E-state index contributed by atoms with van der Waals surface area (Å²) < 4.78 is 10.6. The minimum atomic E-state index is -0.537. The van der Waals surface area contributed by atoms with Gasteiger partial charge < -0.3 is 9.47 Å². The Bertz CT molecular complexity index is 472. The van der Waals surface area contributed by atoms with Crippen LogP contribution >= 0.6 is 0 Å². The van der Waals surface area contributed by atoms with Crippen molar-refractivity contribution in [1.29, 1.82) is 0 Å². The van der Waals surface area contributed by atoms with Crippen LogP contribution in [0.15, 0.2) is 18.2 Å². The van der Waals surface area contributed by atoms with Gasteiger partial charge in [-0.15, -0.1) is 0 Å². The van der Waals surface area contributed by atoms with E-state index >= 15 is 0 Å². The van der Waals surface area contributed by atoms with Crippen molar-refractivity contribution in [2.45, 2.75) is 26.4 Å². The second-order valence-electron chi connectivity index (χ2n) is 4.20. The van der Waals surface area contributed by atoms with Gasteiger partial charge in [0.25, 0.3) is 5.69 Å². The zero-order valence-electron chi connectivity index (χ0n) is 11.2. The number of methoxy groups -OCH3 is 1. The molecule has 0 saturated carbocycles. The van der Waals surface area contributed by atoms with E-state index in [0.717, 1.165) is 0 Å². The molecule has 0 amide bonds. The van der Waals surface area contributed by atoms with Crippen LogP contribution in [-0.4, -0.2) is 30.5 Å². The van der Waals surface area contributed by atoms with Crippen molar-refractivity contribution in [1.82, 2.24) is 0 Å². The lowest BCUT2D eigenvalue weighted by Crippen LogP contribution is -2.15. The Balaban J connectivity index is 2.94. The van der Waals surface area contributed by atoms with Gasteiger partial charge in [0, 0.05) is 32.3 Å². The lowest BCUT2D eigenvalue weighted by molar-refractivity contribution is -0.384. The first-order chi connectivity index (χ1) is 8.95. The molecule has 1 rings (SSSR count). The van der Waals surface area contributed by atoms with Crippen molar-refractivity contribution < 1.29 is 19.2 Å². The number of carbonyl (C=O) groups excluding carboxylic acids is 1. The third-order valence-electron chi connectivity index (χ3n) is 2.61. The van der Waals surface area contributed by atoms with Gasteiger partial charge in [-0.3, -0.25) is 14.9 Å². The minimum Gasteiger partial charge on any atom is -0.490 e. The maximum atomic E-state index is 11.5. The molecule has 0 aromatic heterocycles. The van der Waals surface area contributed by atoms with E-state index in [-0.39, 0.29) is 23.1 Å². The van der Waals surface area contributed by atoms with Gasteiger partial charge in [-0.05, 0) is 19.9 Å². The highest BCUT2D eigenvalue weighted by molar-refractivity contribution is 5.97. The molecule has 0 spiro atoms. The van der Waals surface area contributed by atoms with Crippen molar-refractivity contribution in [3.8, 4) is 5.75 Å². The summed E-state index contributed by atoms with van der Waals surface area (Å²) in [5, 5.41) is 10.7. The first-order valence-electron chi connectivity index (χ1n) is 5.90. The number of rotatable bonds is 7. The van der Waals surface area contributed by atoms with E-state index in [4.69, 9.17) is 9.47 Å². The van der Waals surface area contributed by atoms with Crippen LogP contribution in [0.4, 0.5) is 5.69 Å². The van der Waals surface area contributed by atoms with Crippen LogP contribution in [0.25, 0.3) is 0 Å². The summed E-state index contributed by atoms with van der Waals surface area (Å²) >= 11 is 0. The lowest BCUT2D eigenvalue weighted by Gasteiger charge is -2.16. The van der Waals surface area contributed by atoms with E-state index in [2.05, 4.69) is 0 Å². The number of Topliss-reactive ketones (excluding diaryl/α,β-unsaturated/α-hetero) is 1. The zero-order valence-corrected chi connectivity index (χ0v) is 11.2. The molecule has 0 fully saturated rings. The molecule has 1 atom stereocenters. The van der Waals surface area contributed by atoms with Crippen molar-refractivity contribution >= 4 is 11.5 Å². The molecule has 0 N–H and O–H groups in total. The molecular weight excluding hydrogens is 250 g/mol. The Hall–Kier alpha value is -1.95. The van der Waals surface area contributed by atoms with Gasteiger partial charge in [0.15, 0.2) is 5.78 Å². The Morgan fingerprint density at radius 3 is 2.68 bits per heavy atom. The van der Waals surface area contributed by atoms with Crippen LogP contribution in [-0.2, 0) is 4.74 Å². The molecule has 6 nitrogen and oxygen atoms in total. The first kappa shape index (κ1) is 15.1. The van der Waals surface area contributed by atoms with Crippen LogP contribution in [0.1, 0.15) is 30.6 Å². The van der Waals surface area contributed by atoms with Gasteiger partial charge in [0.2, 0.25) is 0 Å². The molecule has 0 bridgehead atoms. The van der Waals surface area contributed by atoms with Gasteiger partial charge in [0.05, 0.1) is 16.6 Å². The van der Waals surface area contributed by atoms with Gasteiger partial charge in [0.1, 0.15) is 5.75 Å². The van der Waals surface area contributed by atoms with Crippen LogP contribution in [0.2, 0.25) is 0 Å². The average molecular weight is 267 g/mol. The summed E-state index contributed by atoms with van der Waals surface area (Å²) in [6.45, 7) is 3.75. The molecule has 1 unspecified atom stereocenters. The van der Waals surface area contributed by atoms with Gasteiger partial charge in [-0.2, -0.15) is 0 Å². The van der Waals surface area contributed by atoms with E-state index in [1.165, 1.54) is 25.1 Å². The number of ether oxygens (including phenoxy) is 2. The number of carbonyl (C=O) groups is 1. The third-order valence-corrected chi connectivity index (χ3v) is 2.61. The van der Waals surface area contributed by atoms with Gasteiger partial charge in [-0.1, -0.05) is 0 Å². The van der Waals surface area contributed by atoms with Crippen LogP contribution in [0.5, 0.6) is 5.75 Å². The zero-order chi connectivity index (χ0) is 14.4. The number of hydrogen-bond acceptors (Lipinski definition) is 5. The smallest absolute Gasteiger partial charge is 0.270 e. The van der Waals surface area contributed by atoms with Crippen molar-refractivity contribution in [3.63, 3.8) is 0 Å². The quantitative estimate of drug-likeness (QED) is 0.431. The fourth-order valence-electron chi connectivity index (χ4n) is 1.57. The maximum Gasteiger partial charge on any atom is 0.270 e. The fraction of sp³-hybridized carbons (Fsp3) is 0.462. The number of ketones is 1. The van der Waals surface area contributed by atoms with Crippen molar-refractivity contribution in [3.05, 3.63) is 33.9 Å². The average Bonchev–Trinajstić information content (AvgIpc) is 2.36.